The van der Waals surface area contributed by atoms with E-state index in [9.17, 15) is 4.39 Å². The summed E-state index contributed by atoms with van der Waals surface area (Å²) in [5.41, 5.74) is 0. The highest BCUT2D eigenvalue weighted by Crippen LogP contribution is 2.35. The molecule has 2 aromatic rings. The van der Waals surface area contributed by atoms with Gasteiger partial charge >= 0.3 is 0 Å². The fourth-order valence-electron chi connectivity index (χ4n) is 1.02. The van der Waals surface area contributed by atoms with Crippen LogP contribution in [0.5, 0.6) is 0 Å². The Morgan fingerprint density at radius 1 is 1.25 bits per heavy atom. The first kappa shape index (κ1) is 8.66. The fourth-order valence-corrected chi connectivity index (χ4v) is 3.16. The molecular weight excluding hydrogens is 307 g/mol. The van der Waals surface area contributed by atoms with Gasteiger partial charge in [-0.2, -0.15) is 0 Å². The molecule has 0 fully saturated rings. The molecule has 12 heavy (non-hydrogen) atoms. The summed E-state index contributed by atoms with van der Waals surface area (Å²) in [6, 6.07) is 5.16. The number of hydrogen-bond acceptors (Lipinski definition) is 1. The van der Waals surface area contributed by atoms with Crippen molar-refractivity contribution in [3.63, 3.8) is 0 Å². The van der Waals surface area contributed by atoms with Crippen LogP contribution in [0.3, 0.4) is 0 Å². The van der Waals surface area contributed by atoms with E-state index in [1.165, 1.54) is 6.07 Å². The first-order valence-electron chi connectivity index (χ1n) is 3.21. The molecule has 0 saturated heterocycles. The maximum absolute atomic E-state index is 13.0. The van der Waals surface area contributed by atoms with Crippen molar-refractivity contribution in [3.05, 3.63) is 32.3 Å². The van der Waals surface area contributed by atoms with Crippen LogP contribution < -0.4 is 0 Å². The average Bonchev–Trinajstić information content (AvgIpc) is 2.39. The Bertz CT molecular complexity index is 436. The number of thiophene rings is 1. The number of rotatable bonds is 0. The van der Waals surface area contributed by atoms with Crippen LogP contribution in [0.1, 0.15) is 0 Å². The van der Waals surface area contributed by atoms with E-state index in [-0.39, 0.29) is 5.82 Å². The minimum Gasteiger partial charge on any atom is -0.206 e. The molecule has 0 spiro atoms. The lowest BCUT2D eigenvalue weighted by molar-refractivity contribution is 0.623. The smallest absolute Gasteiger partial charge is 0.138 e. The SMILES string of the molecule is Fc1ccc2sc(Br)cc2c1Br. The minimum absolute atomic E-state index is 0.215. The van der Waals surface area contributed by atoms with Crippen LogP contribution in [0.4, 0.5) is 4.39 Å². The third kappa shape index (κ3) is 1.32. The molecule has 0 unspecified atom stereocenters. The summed E-state index contributed by atoms with van der Waals surface area (Å²) in [6.45, 7) is 0. The van der Waals surface area contributed by atoms with Gasteiger partial charge in [0, 0.05) is 10.1 Å². The van der Waals surface area contributed by atoms with Crippen molar-refractivity contribution in [1.82, 2.24) is 0 Å². The third-order valence-electron chi connectivity index (χ3n) is 1.56. The standard InChI is InChI=1S/C8H3Br2FS/c9-7-3-4-6(12-7)2-1-5(11)8(4)10/h1-3H. The molecule has 0 aliphatic rings. The molecule has 0 atom stereocenters. The van der Waals surface area contributed by atoms with Gasteiger partial charge in [0.2, 0.25) is 0 Å². The van der Waals surface area contributed by atoms with E-state index in [0.717, 1.165) is 13.9 Å². The van der Waals surface area contributed by atoms with E-state index in [4.69, 9.17) is 0 Å². The summed E-state index contributed by atoms with van der Waals surface area (Å²) < 4.78 is 15.6. The van der Waals surface area contributed by atoms with Gasteiger partial charge in [-0.15, -0.1) is 11.3 Å². The van der Waals surface area contributed by atoms with Gasteiger partial charge in [0.1, 0.15) is 5.82 Å². The number of halogens is 3. The zero-order chi connectivity index (χ0) is 8.72. The second-order valence-corrected chi connectivity index (χ2v) is 5.58. The summed E-state index contributed by atoms with van der Waals surface area (Å²) in [5.74, 6) is -0.215. The zero-order valence-electron chi connectivity index (χ0n) is 5.77. The zero-order valence-corrected chi connectivity index (χ0v) is 9.76. The van der Waals surface area contributed by atoms with Crippen LogP contribution in [0, 0.1) is 5.82 Å². The second-order valence-electron chi connectivity index (χ2n) is 2.32. The first-order chi connectivity index (χ1) is 5.68. The number of hydrogen-bond donors (Lipinski definition) is 0. The molecule has 0 N–H and O–H groups in total. The predicted octanol–water partition coefficient (Wildman–Crippen LogP) is 4.57. The highest BCUT2D eigenvalue weighted by molar-refractivity contribution is 9.11. The molecule has 0 nitrogen and oxygen atoms in total. The van der Waals surface area contributed by atoms with E-state index < -0.39 is 0 Å². The minimum atomic E-state index is -0.215. The molecule has 0 aliphatic carbocycles. The van der Waals surface area contributed by atoms with Crippen molar-refractivity contribution in [2.45, 2.75) is 0 Å². The summed E-state index contributed by atoms with van der Waals surface area (Å²) in [4.78, 5) is 0. The first-order valence-corrected chi connectivity index (χ1v) is 5.62. The van der Waals surface area contributed by atoms with Gasteiger partial charge < -0.3 is 0 Å². The monoisotopic (exact) mass is 308 g/mol. The van der Waals surface area contributed by atoms with E-state index >= 15 is 0 Å². The Hall–Kier alpha value is 0.0700. The van der Waals surface area contributed by atoms with Crippen molar-refractivity contribution in [2.75, 3.05) is 0 Å². The molecule has 0 bridgehead atoms. The quantitative estimate of drug-likeness (QED) is 0.669. The lowest BCUT2D eigenvalue weighted by Crippen LogP contribution is -1.74. The molecule has 0 radical (unpaired) electrons. The maximum atomic E-state index is 13.0. The van der Waals surface area contributed by atoms with Gasteiger partial charge in [-0.05, 0) is 50.1 Å². The predicted molar refractivity (Wildman–Crippen MR) is 57.2 cm³/mol. The number of benzene rings is 1. The summed E-state index contributed by atoms with van der Waals surface area (Å²) >= 11 is 8.16. The molecule has 0 aliphatic heterocycles. The molecule has 0 saturated carbocycles. The van der Waals surface area contributed by atoms with Crippen LogP contribution in [0.25, 0.3) is 10.1 Å². The summed E-state index contributed by atoms with van der Waals surface area (Å²) in [7, 11) is 0. The Balaban J connectivity index is 2.89. The van der Waals surface area contributed by atoms with E-state index in [2.05, 4.69) is 31.9 Å². The highest BCUT2D eigenvalue weighted by Gasteiger charge is 2.06. The van der Waals surface area contributed by atoms with Gasteiger partial charge in [-0.3, -0.25) is 0 Å². The van der Waals surface area contributed by atoms with Crippen LogP contribution in [0.2, 0.25) is 0 Å². The number of fused-ring (bicyclic) bond motifs is 1. The lowest BCUT2D eigenvalue weighted by atomic mass is 10.3. The fraction of sp³-hybridized carbons (Fsp3) is 0. The molecule has 1 aromatic carbocycles. The average molecular weight is 310 g/mol. The molecule has 1 heterocycles. The van der Waals surface area contributed by atoms with Crippen molar-refractivity contribution in [2.24, 2.45) is 0 Å². The molecule has 1 aromatic heterocycles. The van der Waals surface area contributed by atoms with Crippen molar-refractivity contribution >= 4 is 53.3 Å². The normalized spacial score (nSPS) is 10.9. The third-order valence-corrected chi connectivity index (χ3v) is 3.97. The van der Waals surface area contributed by atoms with Crippen LogP contribution >= 0.6 is 43.2 Å². The Morgan fingerprint density at radius 3 is 2.75 bits per heavy atom. The van der Waals surface area contributed by atoms with Crippen molar-refractivity contribution in [3.8, 4) is 0 Å². The van der Waals surface area contributed by atoms with Crippen LogP contribution in [-0.4, -0.2) is 0 Å². The highest BCUT2D eigenvalue weighted by atomic mass is 79.9. The van der Waals surface area contributed by atoms with Gasteiger partial charge in [0.15, 0.2) is 0 Å². The Labute approximate surface area is 89.7 Å². The van der Waals surface area contributed by atoms with Crippen molar-refractivity contribution in [1.29, 1.82) is 0 Å². The Morgan fingerprint density at radius 2 is 2.00 bits per heavy atom. The molecular formula is C8H3Br2FS. The topological polar surface area (TPSA) is 0 Å². The van der Waals surface area contributed by atoms with E-state index in [1.54, 1.807) is 17.4 Å². The van der Waals surface area contributed by atoms with Crippen LogP contribution in [-0.2, 0) is 0 Å². The molecule has 62 valence electrons. The van der Waals surface area contributed by atoms with Gasteiger partial charge in [-0.1, -0.05) is 0 Å². The largest absolute Gasteiger partial charge is 0.206 e. The summed E-state index contributed by atoms with van der Waals surface area (Å²) in [5, 5.41) is 0.923. The summed E-state index contributed by atoms with van der Waals surface area (Å²) in [6.07, 6.45) is 0. The van der Waals surface area contributed by atoms with Crippen molar-refractivity contribution < 1.29 is 4.39 Å². The lowest BCUT2D eigenvalue weighted by Gasteiger charge is -1.94. The molecule has 2 rings (SSSR count). The van der Waals surface area contributed by atoms with E-state index in [0.29, 0.717) is 4.47 Å². The van der Waals surface area contributed by atoms with Crippen LogP contribution in [0.15, 0.2) is 26.5 Å². The van der Waals surface area contributed by atoms with Gasteiger partial charge in [0.25, 0.3) is 0 Å². The van der Waals surface area contributed by atoms with Gasteiger partial charge in [0.05, 0.1) is 8.26 Å². The maximum Gasteiger partial charge on any atom is 0.138 e. The molecule has 0 amide bonds. The Kier molecular flexibility index (Phi) is 2.23. The van der Waals surface area contributed by atoms with E-state index in [1.807, 2.05) is 6.07 Å². The molecule has 4 heteroatoms. The second kappa shape index (κ2) is 3.09. The van der Waals surface area contributed by atoms with Gasteiger partial charge in [-0.25, -0.2) is 4.39 Å².